The summed E-state index contributed by atoms with van der Waals surface area (Å²) in [4.78, 5) is 28.7. The van der Waals surface area contributed by atoms with Crippen molar-refractivity contribution >= 4 is 11.8 Å². The van der Waals surface area contributed by atoms with Crippen molar-refractivity contribution in [2.24, 2.45) is 5.92 Å². The van der Waals surface area contributed by atoms with Crippen LogP contribution in [0.25, 0.3) is 0 Å². The van der Waals surface area contributed by atoms with E-state index in [1.807, 2.05) is 18.2 Å². The van der Waals surface area contributed by atoms with Gasteiger partial charge in [-0.3, -0.25) is 9.59 Å². The van der Waals surface area contributed by atoms with Crippen LogP contribution in [0.4, 0.5) is 8.78 Å². The molecule has 1 fully saturated rings. The fourth-order valence-corrected chi connectivity index (χ4v) is 4.12. The van der Waals surface area contributed by atoms with E-state index >= 15 is 0 Å². The summed E-state index contributed by atoms with van der Waals surface area (Å²) in [6, 6.07) is 10.2. The van der Waals surface area contributed by atoms with Gasteiger partial charge in [0.05, 0.1) is 27.2 Å². The molecule has 190 valence electrons. The van der Waals surface area contributed by atoms with E-state index in [0.717, 1.165) is 5.56 Å². The van der Waals surface area contributed by atoms with Crippen LogP contribution < -0.4 is 18.9 Å². The Kier molecular flexibility index (Phi) is 8.73. The van der Waals surface area contributed by atoms with E-state index in [1.165, 1.54) is 24.1 Å². The third kappa shape index (κ3) is 6.52. The van der Waals surface area contributed by atoms with Crippen LogP contribution in [0.5, 0.6) is 23.0 Å². The SMILES string of the molecule is COc1ccc(CCN2CC(C(=O)N(C)Cc3ccc(OC)c(OC(F)F)c3)CC2=O)cc1OC. The third-order valence-electron chi connectivity index (χ3n) is 5.92. The summed E-state index contributed by atoms with van der Waals surface area (Å²) in [7, 11) is 6.12. The number of methoxy groups -OCH3 is 3. The zero-order chi connectivity index (χ0) is 25.5. The second kappa shape index (κ2) is 11.7. The molecule has 1 atom stereocenters. The van der Waals surface area contributed by atoms with Crippen LogP contribution in [0, 0.1) is 5.92 Å². The summed E-state index contributed by atoms with van der Waals surface area (Å²) in [6.45, 7) is -2.00. The lowest BCUT2D eigenvalue weighted by molar-refractivity contribution is -0.135. The largest absolute Gasteiger partial charge is 0.493 e. The predicted octanol–water partition coefficient (Wildman–Crippen LogP) is 3.36. The molecule has 2 aromatic rings. The number of halogens is 2. The molecule has 2 aromatic carbocycles. The van der Waals surface area contributed by atoms with Crippen LogP contribution in [0.1, 0.15) is 17.5 Å². The minimum atomic E-state index is -2.99. The van der Waals surface area contributed by atoms with Crippen molar-refractivity contribution in [2.75, 3.05) is 41.5 Å². The van der Waals surface area contributed by atoms with E-state index in [-0.39, 0.29) is 36.3 Å². The molecule has 0 spiro atoms. The van der Waals surface area contributed by atoms with E-state index in [9.17, 15) is 18.4 Å². The van der Waals surface area contributed by atoms with Crippen molar-refractivity contribution < 1.29 is 37.3 Å². The number of carbonyl (C=O) groups excluding carboxylic acids is 2. The monoisotopic (exact) mass is 492 g/mol. The predicted molar refractivity (Wildman–Crippen MR) is 124 cm³/mol. The van der Waals surface area contributed by atoms with E-state index in [0.29, 0.717) is 36.6 Å². The molecule has 1 unspecified atom stereocenters. The van der Waals surface area contributed by atoms with Crippen LogP contribution in [0.3, 0.4) is 0 Å². The van der Waals surface area contributed by atoms with Crippen LogP contribution in [0.15, 0.2) is 36.4 Å². The second-order valence-electron chi connectivity index (χ2n) is 8.24. The molecule has 10 heteroatoms. The van der Waals surface area contributed by atoms with Gasteiger partial charge in [-0.2, -0.15) is 8.78 Å². The maximum atomic E-state index is 13.0. The first-order valence-electron chi connectivity index (χ1n) is 11.1. The third-order valence-corrected chi connectivity index (χ3v) is 5.92. The van der Waals surface area contributed by atoms with E-state index in [2.05, 4.69) is 4.74 Å². The minimum absolute atomic E-state index is 0.0747. The number of carbonyl (C=O) groups is 2. The molecule has 1 saturated heterocycles. The summed E-state index contributed by atoms with van der Waals surface area (Å²) in [5.41, 5.74) is 1.59. The number of likely N-dealkylation sites (tertiary alicyclic amines) is 1. The Morgan fingerprint density at radius 2 is 1.60 bits per heavy atom. The molecule has 0 aromatic heterocycles. The van der Waals surface area contributed by atoms with Gasteiger partial charge in [-0.25, -0.2) is 0 Å². The molecule has 1 aliphatic rings. The molecular formula is C25H30F2N2O6. The van der Waals surface area contributed by atoms with Crippen molar-refractivity contribution in [2.45, 2.75) is 26.0 Å². The molecule has 1 heterocycles. The smallest absolute Gasteiger partial charge is 0.387 e. The molecule has 2 amide bonds. The topological polar surface area (TPSA) is 77.5 Å². The lowest BCUT2D eigenvalue weighted by atomic mass is 10.1. The average Bonchev–Trinajstić information content (AvgIpc) is 3.22. The maximum Gasteiger partial charge on any atom is 0.387 e. The lowest BCUT2D eigenvalue weighted by Gasteiger charge is -2.22. The van der Waals surface area contributed by atoms with Gasteiger partial charge in [0.1, 0.15) is 0 Å². The van der Waals surface area contributed by atoms with Crippen LogP contribution in [-0.2, 0) is 22.6 Å². The highest BCUT2D eigenvalue weighted by atomic mass is 19.3. The van der Waals surface area contributed by atoms with Crippen molar-refractivity contribution in [3.05, 3.63) is 47.5 Å². The zero-order valence-electron chi connectivity index (χ0n) is 20.3. The number of amides is 2. The lowest BCUT2D eigenvalue weighted by Crippen LogP contribution is -2.34. The molecule has 8 nitrogen and oxygen atoms in total. The van der Waals surface area contributed by atoms with Crippen LogP contribution in [0.2, 0.25) is 0 Å². The van der Waals surface area contributed by atoms with Gasteiger partial charge in [-0.1, -0.05) is 12.1 Å². The Balaban J connectivity index is 1.58. The standard InChI is InChI=1S/C25H30F2N2O6/c1-28(14-17-6-8-20(33-3)22(12-17)35-25(26)27)24(31)18-13-23(30)29(15-18)10-9-16-5-7-19(32-2)21(11-16)34-4/h5-8,11-12,18,25H,9-10,13-15H2,1-4H3. The Bertz CT molecular complexity index is 1050. The van der Waals surface area contributed by atoms with E-state index in [1.54, 1.807) is 32.2 Å². The molecule has 1 aliphatic heterocycles. The molecule has 0 aliphatic carbocycles. The van der Waals surface area contributed by atoms with E-state index < -0.39 is 12.5 Å². The van der Waals surface area contributed by atoms with Gasteiger partial charge in [0.25, 0.3) is 0 Å². The number of benzene rings is 2. The highest BCUT2D eigenvalue weighted by Gasteiger charge is 2.35. The average molecular weight is 493 g/mol. The Morgan fingerprint density at radius 1 is 1.00 bits per heavy atom. The van der Waals surface area contributed by atoms with Crippen molar-refractivity contribution in [1.29, 1.82) is 0 Å². The Labute approximate surface area is 203 Å². The quantitative estimate of drug-likeness (QED) is 0.479. The molecule has 0 saturated carbocycles. The number of ether oxygens (including phenoxy) is 4. The van der Waals surface area contributed by atoms with Gasteiger partial charge < -0.3 is 28.7 Å². The maximum absolute atomic E-state index is 13.0. The van der Waals surface area contributed by atoms with Crippen LogP contribution in [-0.4, -0.2) is 69.7 Å². The molecule has 0 N–H and O–H groups in total. The highest BCUT2D eigenvalue weighted by Crippen LogP contribution is 2.31. The van der Waals surface area contributed by atoms with Crippen molar-refractivity contribution in [3.8, 4) is 23.0 Å². The highest BCUT2D eigenvalue weighted by molar-refractivity contribution is 5.89. The fourth-order valence-electron chi connectivity index (χ4n) is 4.12. The Morgan fingerprint density at radius 3 is 2.23 bits per heavy atom. The van der Waals surface area contributed by atoms with Gasteiger partial charge in [0.15, 0.2) is 23.0 Å². The second-order valence-corrected chi connectivity index (χ2v) is 8.24. The number of nitrogens with zero attached hydrogens (tertiary/aromatic N) is 2. The number of hydrogen-bond acceptors (Lipinski definition) is 6. The van der Waals surface area contributed by atoms with Gasteiger partial charge in [-0.15, -0.1) is 0 Å². The van der Waals surface area contributed by atoms with Gasteiger partial charge >= 0.3 is 6.61 Å². The number of alkyl halides is 2. The molecule has 35 heavy (non-hydrogen) atoms. The fraction of sp³-hybridized carbons (Fsp3) is 0.440. The number of hydrogen-bond donors (Lipinski definition) is 0. The molecule has 0 radical (unpaired) electrons. The van der Waals surface area contributed by atoms with Crippen LogP contribution >= 0.6 is 0 Å². The van der Waals surface area contributed by atoms with Crippen molar-refractivity contribution in [1.82, 2.24) is 9.80 Å². The minimum Gasteiger partial charge on any atom is -0.493 e. The zero-order valence-corrected chi connectivity index (χ0v) is 20.3. The Hall–Kier alpha value is -3.56. The van der Waals surface area contributed by atoms with Gasteiger partial charge in [-0.05, 0) is 41.8 Å². The van der Waals surface area contributed by atoms with E-state index in [4.69, 9.17) is 14.2 Å². The first-order chi connectivity index (χ1) is 16.7. The van der Waals surface area contributed by atoms with Gasteiger partial charge in [0, 0.05) is 33.1 Å². The summed E-state index contributed by atoms with van der Waals surface area (Å²) in [5, 5.41) is 0. The first-order valence-corrected chi connectivity index (χ1v) is 11.1. The van der Waals surface area contributed by atoms with Gasteiger partial charge in [0.2, 0.25) is 11.8 Å². The summed E-state index contributed by atoms with van der Waals surface area (Å²) in [6.07, 6.45) is 0.749. The molecule has 0 bridgehead atoms. The normalized spacial score (nSPS) is 15.3. The molecular weight excluding hydrogens is 462 g/mol. The summed E-state index contributed by atoms with van der Waals surface area (Å²) < 4.78 is 45.5. The number of rotatable bonds is 11. The van der Waals surface area contributed by atoms with Crippen molar-refractivity contribution in [3.63, 3.8) is 0 Å². The summed E-state index contributed by atoms with van der Waals surface area (Å²) >= 11 is 0. The molecule has 3 rings (SSSR count). The first kappa shape index (κ1) is 26.1. The summed E-state index contributed by atoms with van der Waals surface area (Å²) in [5.74, 6) is 0.606.